The molecule has 0 spiro atoms. The third-order valence-corrected chi connectivity index (χ3v) is 4.64. The molecule has 1 aliphatic carbocycles. The molecule has 2 atom stereocenters. The summed E-state index contributed by atoms with van der Waals surface area (Å²) >= 11 is 0. The Morgan fingerprint density at radius 1 is 1.08 bits per heavy atom. The number of halogens is 4. The molecule has 1 aromatic carbocycles. The van der Waals surface area contributed by atoms with E-state index in [9.17, 15) is 22.4 Å². The number of ether oxygens (including phenoxy) is 1. The smallest absolute Gasteiger partial charge is 0.310 e. The maximum Gasteiger partial charge on any atom is 0.310 e. The van der Waals surface area contributed by atoms with Crippen LogP contribution < -0.4 is 0 Å². The van der Waals surface area contributed by atoms with Crippen molar-refractivity contribution in [1.29, 1.82) is 0 Å². The van der Waals surface area contributed by atoms with Crippen molar-refractivity contribution < 1.29 is 32.2 Å². The SMILES string of the molecule is CC(C)=C[C@H]1[C@H](C(=O)OCc2c(F)c(F)c(CO)c(F)c2F)C1(C)C. The second-order valence-electron chi connectivity index (χ2n) is 7.05. The molecule has 0 bridgehead atoms. The van der Waals surface area contributed by atoms with Gasteiger partial charge in [-0.3, -0.25) is 4.79 Å². The van der Waals surface area contributed by atoms with Gasteiger partial charge < -0.3 is 9.84 Å². The van der Waals surface area contributed by atoms with Crippen molar-refractivity contribution in [3.05, 3.63) is 46.0 Å². The van der Waals surface area contributed by atoms with E-state index < -0.39 is 59.5 Å². The summed E-state index contributed by atoms with van der Waals surface area (Å²) in [6.45, 7) is 5.38. The minimum Gasteiger partial charge on any atom is -0.460 e. The zero-order valence-corrected chi connectivity index (χ0v) is 14.4. The van der Waals surface area contributed by atoms with Crippen molar-refractivity contribution in [3.63, 3.8) is 0 Å². The number of esters is 1. The number of carbonyl (C=O) groups excluding carboxylic acids is 1. The first-order chi connectivity index (χ1) is 11.5. The minimum atomic E-state index is -1.69. The highest BCUT2D eigenvalue weighted by Crippen LogP contribution is 2.59. The van der Waals surface area contributed by atoms with Crippen LogP contribution in [-0.4, -0.2) is 11.1 Å². The number of aliphatic hydroxyl groups excluding tert-OH is 1. The third-order valence-electron chi connectivity index (χ3n) is 4.64. The van der Waals surface area contributed by atoms with Crippen molar-refractivity contribution in [3.8, 4) is 0 Å². The van der Waals surface area contributed by atoms with Crippen LogP contribution in [0.15, 0.2) is 11.6 Å². The Morgan fingerprint density at radius 3 is 2.00 bits per heavy atom. The summed E-state index contributed by atoms with van der Waals surface area (Å²) in [4.78, 5) is 12.2. The minimum absolute atomic E-state index is 0.0649. The van der Waals surface area contributed by atoms with E-state index in [0.717, 1.165) is 5.57 Å². The van der Waals surface area contributed by atoms with Crippen molar-refractivity contribution in [1.82, 2.24) is 0 Å². The van der Waals surface area contributed by atoms with Gasteiger partial charge >= 0.3 is 5.97 Å². The van der Waals surface area contributed by atoms with E-state index in [1.807, 2.05) is 33.8 Å². The van der Waals surface area contributed by atoms with E-state index in [1.165, 1.54) is 0 Å². The monoisotopic (exact) mass is 360 g/mol. The van der Waals surface area contributed by atoms with Crippen LogP contribution in [0.2, 0.25) is 0 Å². The summed E-state index contributed by atoms with van der Waals surface area (Å²) in [5, 5.41) is 8.79. The fourth-order valence-corrected chi connectivity index (χ4v) is 3.02. The average molecular weight is 360 g/mol. The first-order valence-corrected chi connectivity index (χ1v) is 7.80. The van der Waals surface area contributed by atoms with Gasteiger partial charge in [-0.25, -0.2) is 17.6 Å². The molecule has 1 aliphatic rings. The Balaban J connectivity index is 2.18. The Morgan fingerprint density at radius 2 is 1.56 bits per heavy atom. The Bertz CT molecular complexity index is 707. The standard InChI is InChI=1S/C18H20F4O3/c1-8(2)5-11-12(18(11,3)4)17(24)25-7-10-15(21)13(19)9(6-23)14(20)16(10)22/h5,11-12,23H,6-7H2,1-4H3/t11-,12+/m0/s1. The summed E-state index contributed by atoms with van der Waals surface area (Å²) in [7, 11) is 0. The molecule has 1 saturated carbocycles. The van der Waals surface area contributed by atoms with Gasteiger partial charge in [0.05, 0.1) is 23.7 Å². The van der Waals surface area contributed by atoms with Crippen LogP contribution in [0.5, 0.6) is 0 Å². The van der Waals surface area contributed by atoms with E-state index in [1.54, 1.807) is 0 Å². The molecular formula is C18H20F4O3. The quantitative estimate of drug-likeness (QED) is 0.373. The molecule has 0 heterocycles. The molecule has 0 amide bonds. The predicted molar refractivity (Wildman–Crippen MR) is 82.2 cm³/mol. The third kappa shape index (κ3) is 3.42. The van der Waals surface area contributed by atoms with Crippen LogP contribution in [0.25, 0.3) is 0 Å². The summed E-state index contributed by atoms with van der Waals surface area (Å²) in [5.74, 6) is -7.97. The molecule has 25 heavy (non-hydrogen) atoms. The van der Waals surface area contributed by atoms with Crippen molar-refractivity contribution in [2.75, 3.05) is 0 Å². The number of benzene rings is 1. The lowest BCUT2D eigenvalue weighted by molar-refractivity contribution is -0.147. The van der Waals surface area contributed by atoms with Gasteiger partial charge in [0.2, 0.25) is 0 Å². The van der Waals surface area contributed by atoms with E-state index in [-0.39, 0.29) is 11.3 Å². The van der Waals surface area contributed by atoms with Crippen LogP contribution >= 0.6 is 0 Å². The van der Waals surface area contributed by atoms with Gasteiger partial charge in [-0.1, -0.05) is 25.5 Å². The number of rotatable bonds is 5. The van der Waals surface area contributed by atoms with Gasteiger partial charge in [-0.2, -0.15) is 0 Å². The summed E-state index contributed by atoms with van der Waals surface area (Å²) in [6, 6.07) is 0. The van der Waals surface area contributed by atoms with E-state index in [4.69, 9.17) is 9.84 Å². The summed E-state index contributed by atoms with van der Waals surface area (Å²) < 4.78 is 59.9. The Kier molecular flexibility index (Phi) is 5.27. The second kappa shape index (κ2) is 6.78. The van der Waals surface area contributed by atoms with E-state index >= 15 is 0 Å². The maximum absolute atomic E-state index is 13.9. The van der Waals surface area contributed by atoms with Gasteiger partial charge in [0.15, 0.2) is 23.3 Å². The molecular weight excluding hydrogens is 340 g/mol. The summed E-state index contributed by atoms with van der Waals surface area (Å²) in [6.07, 6.45) is 1.92. The number of allylic oxidation sites excluding steroid dienone is 2. The number of carbonyl (C=O) groups is 1. The summed E-state index contributed by atoms with van der Waals surface area (Å²) in [5.41, 5.74) is -1.45. The highest BCUT2D eigenvalue weighted by molar-refractivity contribution is 5.78. The molecule has 1 N–H and O–H groups in total. The molecule has 0 radical (unpaired) electrons. The van der Waals surface area contributed by atoms with Crippen LogP contribution in [0, 0.1) is 40.5 Å². The lowest BCUT2D eigenvalue weighted by Crippen LogP contribution is -2.14. The Labute approximate surface area is 143 Å². The fourth-order valence-electron chi connectivity index (χ4n) is 3.02. The van der Waals surface area contributed by atoms with Crippen LogP contribution in [0.3, 0.4) is 0 Å². The molecule has 0 aliphatic heterocycles. The first-order valence-electron chi connectivity index (χ1n) is 7.80. The normalized spacial score (nSPS) is 21.0. The van der Waals surface area contributed by atoms with Gasteiger partial charge in [0.25, 0.3) is 0 Å². The van der Waals surface area contributed by atoms with E-state index in [0.29, 0.717) is 0 Å². The molecule has 0 saturated heterocycles. The van der Waals surface area contributed by atoms with E-state index in [2.05, 4.69) is 0 Å². The number of hydrogen-bond acceptors (Lipinski definition) is 3. The first kappa shape index (κ1) is 19.4. The van der Waals surface area contributed by atoms with Crippen molar-refractivity contribution in [2.24, 2.45) is 17.3 Å². The van der Waals surface area contributed by atoms with Crippen LogP contribution in [0.1, 0.15) is 38.8 Å². The van der Waals surface area contributed by atoms with Crippen molar-refractivity contribution >= 4 is 5.97 Å². The highest BCUT2D eigenvalue weighted by atomic mass is 19.2. The predicted octanol–water partition coefficient (Wildman–Crippen LogP) is 4.02. The zero-order chi connectivity index (χ0) is 19.1. The van der Waals surface area contributed by atoms with Gasteiger partial charge in [0.1, 0.15) is 6.61 Å². The molecule has 3 nitrogen and oxygen atoms in total. The molecule has 7 heteroatoms. The zero-order valence-electron chi connectivity index (χ0n) is 14.4. The van der Waals surface area contributed by atoms with Crippen LogP contribution in [-0.2, 0) is 22.7 Å². The van der Waals surface area contributed by atoms with Gasteiger partial charge in [-0.15, -0.1) is 0 Å². The second-order valence-corrected chi connectivity index (χ2v) is 7.05. The molecule has 1 fully saturated rings. The fraction of sp³-hybridized carbons (Fsp3) is 0.500. The average Bonchev–Trinajstić information content (AvgIpc) is 3.05. The molecule has 138 valence electrons. The molecule has 0 unspecified atom stereocenters. The van der Waals surface area contributed by atoms with Gasteiger partial charge in [0, 0.05) is 0 Å². The van der Waals surface area contributed by atoms with Crippen LogP contribution in [0.4, 0.5) is 17.6 Å². The lowest BCUT2D eigenvalue weighted by Gasteiger charge is -2.11. The van der Waals surface area contributed by atoms with Crippen molar-refractivity contribution in [2.45, 2.75) is 40.9 Å². The largest absolute Gasteiger partial charge is 0.460 e. The lowest BCUT2D eigenvalue weighted by atomic mass is 10.1. The number of hydrogen-bond donors (Lipinski definition) is 1. The Hall–Kier alpha value is -1.89. The molecule has 1 aromatic rings. The topological polar surface area (TPSA) is 46.5 Å². The molecule has 0 aromatic heterocycles. The highest BCUT2D eigenvalue weighted by Gasteiger charge is 2.61. The maximum atomic E-state index is 13.9. The van der Waals surface area contributed by atoms with Gasteiger partial charge in [-0.05, 0) is 25.2 Å². The number of aliphatic hydroxyl groups is 1. The molecule has 2 rings (SSSR count).